The minimum absolute atomic E-state index is 0.00772. The molecule has 0 spiro atoms. The molecule has 0 saturated carbocycles. The minimum atomic E-state index is -3.01. The Bertz CT molecular complexity index is 439. The second-order valence-corrected chi connectivity index (χ2v) is 5.83. The maximum absolute atomic E-state index is 11.0. The summed E-state index contributed by atoms with van der Waals surface area (Å²) in [6, 6.07) is 0. The summed E-state index contributed by atoms with van der Waals surface area (Å²) < 4.78 is 23.3. The van der Waals surface area contributed by atoms with E-state index in [2.05, 4.69) is 15.4 Å². The molecule has 0 aromatic carbocycles. The maximum Gasteiger partial charge on any atom is 0.243 e. The zero-order valence-electron chi connectivity index (χ0n) is 9.47. The highest BCUT2D eigenvalue weighted by Crippen LogP contribution is 2.05. The van der Waals surface area contributed by atoms with Gasteiger partial charge in [-0.3, -0.25) is 0 Å². The van der Waals surface area contributed by atoms with Crippen LogP contribution in [0, 0.1) is 0 Å². The molecule has 1 aromatic heterocycles. The lowest BCUT2D eigenvalue weighted by molar-refractivity contribution is 0.588. The summed E-state index contributed by atoms with van der Waals surface area (Å²) in [6.07, 6.45) is 2.13. The third-order valence-electron chi connectivity index (χ3n) is 1.91. The summed E-state index contributed by atoms with van der Waals surface area (Å²) in [4.78, 5) is 3.97. The molecule has 7 nitrogen and oxygen atoms in total. The van der Waals surface area contributed by atoms with Crippen LogP contribution in [0.3, 0.4) is 0 Å². The molecule has 16 heavy (non-hydrogen) atoms. The number of hydrogen-bond donors (Lipinski definition) is 2. The van der Waals surface area contributed by atoms with Gasteiger partial charge in [-0.2, -0.15) is 4.98 Å². The van der Waals surface area contributed by atoms with Crippen molar-refractivity contribution < 1.29 is 8.42 Å². The van der Waals surface area contributed by atoms with Crippen molar-refractivity contribution in [2.45, 2.75) is 19.9 Å². The lowest BCUT2D eigenvalue weighted by Crippen LogP contribution is -2.14. The quantitative estimate of drug-likeness (QED) is 0.717. The van der Waals surface area contributed by atoms with Gasteiger partial charge in [0, 0.05) is 12.8 Å². The van der Waals surface area contributed by atoms with Crippen LogP contribution in [-0.4, -0.2) is 41.7 Å². The first-order valence-corrected chi connectivity index (χ1v) is 7.10. The number of anilines is 2. The molecule has 0 aliphatic heterocycles. The Morgan fingerprint density at radius 2 is 2.19 bits per heavy atom. The van der Waals surface area contributed by atoms with Crippen LogP contribution < -0.4 is 11.1 Å². The Morgan fingerprint density at radius 1 is 1.50 bits per heavy atom. The summed E-state index contributed by atoms with van der Waals surface area (Å²) in [6.45, 7) is 3.01. The van der Waals surface area contributed by atoms with E-state index in [0.717, 1.165) is 13.0 Å². The van der Waals surface area contributed by atoms with Crippen molar-refractivity contribution in [3.63, 3.8) is 0 Å². The van der Waals surface area contributed by atoms with Gasteiger partial charge < -0.3 is 11.1 Å². The first-order chi connectivity index (χ1) is 7.42. The van der Waals surface area contributed by atoms with E-state index in [4.69, 9.17) is 5.73 Å². The highest BCUT2D eigenvalue weighted by Gasteiger charge is 2.09. The topological polar surface area (TPSA) is 103 Å². The molecule has 1 rings (SSSR count). The number of hydrogen-bond acceptors (Lipinski definition) is 6. The van der Waals surface area contributed by atoms with Gasteiger partial charge in [-0.15, -0.1) is 5.10 Å². The normalized spacial score (nSPS) is 11.6. The molecule has 8 heteroatoms. The van der Waals surface area contributed by atoms with Gasteiger partial charge in [-0.25, -0.2) is 13.1 Å². The predicted octanol–water partition coefficient (Wildman–Crippen LogP) is -0.273. The molecule has 0 radical (unpaired) electrons. The molecular weight excluding hydrogens is 230 g/mol. The van der Waals surface area contributed by atoms with E-state index in [0.29, 0.717) is 5.95 Å². The lowest BCUT2D eigenvalue weighted by atomic mass is 10.5. The lowest BCUT2D eigenvalue weighted by Gasteiger charge is -2.00. The van der Waals surface area contributed by atoms with E-state index in [1.54, 1.807) is 0 Å². The van der Waals surface area contributed by atoms with Gasteiger partial charge in [-0.1, -0.05) is 6.92 Å². The molecule has 0 amide bonds. The van der Waals surface area contributed by atoms with Crippen molar-refractivity contribution in [1.29, 1.82) is 0 Å². The Hall–Kier alpha value is -1.31. The number of nitrogens with one attached hydrogen (secondary N) is 1. The van der Waals surface area contributed by atoms with Crippen molar-refractivity contribution in [2.75, 3.05) is 29.6 Å². The number of nitrogens with two attached hydrogens (primary N) is 1. The number of nitrogen functional groups attached to an aromatic ring is 1. The Balaban J connectivity index is 2.63. The Labute approximate surface area is 95.0 Å². The van der Waals surface area contributed by atoms with Crippen LogP contribution in [0.2, 0.25) is 0 Å². The molecule has 92 valence electrons. The molecule has 0 atom stereocenters. The molecule has 3 N–H and O–H groups in total. The zero-order valence-corrected chi connectivity index (χ0v) is 10.3. The molecule has 0 aliphatic carbocycles. The fourth-order valence-corrected chi connectivity index (χ4v) is 1.59. The third-order valence-corrected chi connectivity index (χ3v) is 2.83. The van der Waals surface area contributed by atoms with Gasteiger partial charge >= 0.3 is 0 Å². The SMILES string of the molecule is CCCNc1nc(N)n(CCS(C)(=O)=O)n1. The number of aromatic nitrogens is 3. The summed E-state index contributed by atoms with van der Waals surface area (Å²) in [5.74, 6) is 0.670. The van der Waals surface area contributed by atoms with Crippen LogP contribution in [0.1, 0.15) is 13.3 Å². The maximum atomic E-state index is 11.0. The van der Waals surface area contributed by atoms with E-state index in [-0.39, 0.29) is 18.2 Å². The van der Waals surface area contributed by atoms with Crippen molar-refractivity contribution >= 4 is 21.7 Å². The summed E-state index contributed by atoms with van der Waals surface area (Å²) >= 11 is 0. The van der Waals surface area contributed by atoms with E-state index in [9.17, 15) is 8.42 Å². The van der Waals surface area contributed by atoms with Crippen LogP contribution in [0.5, 0.6) is 0 Å². The standard InChI is InChI=1S/C8H17N5O2S/c1-3-4-10-8-11-7(9)13(12-8)5-6-16(2,14)15/h3-6H2,1-2H3,(H3,9,10,11,12). The predicted molar refractivity (Wildman–Crippen MR) is 62.9 cm³/mol. The molecular formula is C8H17N5O2S. The van der Waals surface area contributed by atoms with Gasteiger partial charge in [0.05, 0.1) is 12.3 Å². The fourth-order valence-electron chi connectivity index (χ4n) is 1.08. The molecule has 0 saturated heterocycles. The van der Waals surface area contributed by atoms with Gasteiger partial charge in [0.15, 0.2) is 0 Å². The van der Waals surface area contributed by atoms with Crippen LogP contribution >= 0.6 is 0 Å². The van der Waals surface area contributed by atoms with Gasteiger partial charge in [0.1, 0.15) is 9.84 Å². The second-order valence-electron chi connectivity index (χ2n) is 3.57. The highest BCUT2D eigenvalue weighted by molar-refractivity contribution is 7.90. The number of aryl methyl sites for hydroxylation is 1. The van der Waals surface area contributed by atoms with Crippen molar-refractivity contribution in [2.24, 2.45) is 0 Å². The van der Waals surface area contributed by atoms with E-state index >= 15 is 0 Å². The molecule has 0 aliphatic rings. The summed E-state index contributed by atoms with van der Waals surface area (Å²) in [5, 5.41) is 7.04. The average Bonchev–Trinajstić information content (AvgIpc) is 2.52. The molecule has 0 fully saturated rings. The van der Waals surface area contributed by atoms with Crippen molar-refractivity contribution in [3.05, 3.63) is 0 Å². The minimum Gasteiger partial charge on any atom is -0.368 e. The Morgan fingerprint density at radius 3 is 2.75 bits per heavy atom. The van der Waals surface area contributed by atoms with Crippen molar-refractivity contribution in [3.8, 4) is 0 Å². The van der Waals surface area contributed by atoms with E-state index in [1.165, 1.54) is 10.9 Å². The van der Waals surface area contributed by atoms with Crippen LogP contribution in [0.15, 0.2) is 0 Å². The molecule has 0 unspecified atom stereocenters. The van der Waals surface area contributed by atoms with Crippen molar-refractivity contribution in [1.82, 2.24) is 14.8 Å². The largest absolute Gasteiger partial charge is 0.368 e. The first-order valence-electron chi connectivity index (χ1n) is 5.04. The smallest absolute Gasteiger partial charge is 0.243 e. The number of sulfone groups is 1. The van der Waals surface area contributed by atoms with Crippen LogP contribution in [-0.2, 0) is 16.4 Å². The molecule has 1 aromatic rings. The van der Waals surface area contributed by atoms with Crippen LogP contribution in [0.4, 0.5) is 11.9 Å². The fraction of sp³-hybridized carbons (Fsp3) is 0.750. The number of nitrogens with zero attached hydrogens (tertiary/aromatic N) is 3. The van der Waals surface area contributed by atoms with E-state index < -0.39 is 9.84 Å². The van der Waals surface area contributed by atoms with Gasteiger partial charge in [-0.05, 0) is 6.42 Å². The van der Waals surface area contributed by atoms with Gasteiger partial charge in [0.25, 0.3) is 0 Å². The average molecular weight is 247 g/mol. The van der Waals surface area contributed by atoms with E-state index in [1.807, 2.05) is 6.92 Å². The third kappa shape index (κ3) is 4.05. The summed E-state index contributed by atoms with van der Waals surface area (Å²) in [5.41, 5.74) is 5.60. The first kappa shape index (κ1) is 12.8. The van der Waals surface area contributed by atoms with Gasteiger partial charge in [0.2, 0.25) is 11.9 Å². The molecule has 0 bridgehead atoms. The number of rotatable bonds is 6. The molecule has 1 heterocycles. The van der Waals surface area contributed by atoms with Crippen LogP contribution in [0.25, 0.3) is 0 Å². The second kappa shape index (κ2) is 5.15. The highest BCUT2D eigenvalue weighted by atomic mass is 32.2. The summed E-state index contributed by atoms with van der Waals surface area (Å²) in [7, 11) is -3.01. The zero-order chi connectivity index (χ0) is 12.2. The monoisotopic (exact) mass is 247 g/mol. The Kier molecular flexibility index (Phi) is 4.11.